The number of aryl methyl sites for hydroxylation is 1. The van der Waals surface area contributed by atoms with Gasteiger partial charge in [-0.2, -0.15) is 0 Å². The van der Waals surface area contributed by atoms with Gasteiger partial charge in [0, 0.05) is 31.0 Å². The Labute approximate surface area is 229 Å². The van der Waals surface area contributed by atoms with E-state index in [1.807, 2.05) is 18.2 Å². The number of halogens is 2. The molecule has 3 N–H and O–H groups in total. The highest BCUT2D eigenvalue weighted by molar-refractivity contribution is 7.91. The molecule has 3 rings (SSSR count). The molecule has 0 saturated carbocycles. The maximum absolute atomic E-state index is 13.9. The normalized spacial score (nSPS) is 13.6. The largest absolute Gasteiger partial charge is 0.390 e. The van der Waals surface area contributed by atoms with Gasteiger partial charge in [-0.05, 0) is 73.2 Å². The van der Waals surface area contributed by atoms with Crippen molar-refractivity contribution in [3.63, 3.8) is 0 Å². The minimum atomic E-state index is -3.47. The van der Waals surface area contributed by atoms with Crippen LogP contribution in [0.2, 0.25) is 0 Å². The van der Waals surface area contributed by atoms with Crippen molar-refractivity contribution in [2.45, 2.75) is 57.1 Å². The van der Waals surface area contributed by atoms with Crippen molar-refractivity contribution < 1.29 is 27.1 Å². The van der Waals surface area contributed by atoms with Crippen LogP contribution in [0.5, 0.6) is 0 Å². The number of hydrogen-bond acceptors (Lipinski definition) is 5. The van der Waals surface area contributed by atoms with Crippen molar-refractivity contribution in [3.05, 3.63) is 106 Å². The van der Waals surface area contributed by atoms with Crippen LogP contribution >= 0.6 is 0 Å². The lowest BCUT2D eigenvalue weighted by Gasteiger charge is -2.26. The number of hydrogen-bond donors (Lipinski definition) is 3. The van der Waals surface area contributed by atoms with E-state index in [1.165, 1.54) is 11.6 Å². The molecular weight excluding hydrogens is 522 g/mol. The first-order valence-corrected chi connectivity index (χ1v) is 14.7. The summed E-state index contributed by atoms with van der Waals surface area (Å²) in [6.45, 7) is 5.79. The molecule has 210 valence electrons. The Morgan fingerprint density at radius 2 is 1.59 bits per heavy atom. The van der Waals surface area contributed by atoms with Crippen LogP contribution < -0.4 is 10.6 Å². The number of rotatable bonds is 12. The molecule has 3 aromatic carbocycles. The van der Waals surface area contributed by atoms with E-state index in [0.29, 0.717) is 12.1 Å². The van der Waals surface area contributed by atoms with E-state index >= 15 is 0 Å². The molecule has 0 aliphatic heterocycles. The van der Waals surface area contributed by atoms with Crippen LogP contribution in [0.25, 0.3) is 0 Å². The fourth-order valence-corrected chi connectivity index (χ4v) is 4.79. The van der Waals surface area contributed by atoms with Gasteiger partial charge in [0.2, 0.25) is 0 Å². The number of amides is 1. The molecule has 2 unspecified atom stereocenters. The first-order valence-electron chi connectivity index (χ1n) is 12.8. The highest BCUT2D eigenvalue weighted by Gasteiger charge is 2.33. The van der Waals surface area contributed by atoms with Crippen molar-refractivity contribution >= 4 is 15.7 Å². The highest BCUT2D eigenvalue weighted by Crippen LogP contribution is 2.29. The highest BCUT2D eigenvalue weighted by atomic mass is 32.2. The molecular formula is C30H36F2N2O4S. The number of sulfone groups is 1. The zero-order valence-corrected chi connectivity index (χ0v) is 23.5. The Kier molecular flexibility index (Phi) is 9.98. The zero-order chi connectivity index (χ0) is 28.8. The molecule has 39 heavy (non-hydrogen) atoms. The Morgan fingerprint density at radius 1 is 0.949 bits per heavy atom. The summed E-state index contributed by atoms with van der Waals surface area (Å²) in [5.41, 5.74) is 3.16. The number of aliphatic hydroxyl groups is 1. The van der Waals surface area contributed by atoms with Gasteiger partial charge in [-0.1, -0.05) is 43.3 Å². The van der Waals surface area contributed by atoms with Crippen LogP contribution in [0.3, 0.4) is 0 Å². The lowest BCUT2D eigenvalue weighted by molar-refractivity contribution is 0.0829. The summed E-state index contributed by atoms with van der Waals surface area (Å²) in [4.78, 5) is 13.2. The molecule has 0 bridgehead atoms. The van der Waals surface area contributed by atoms with Crippen molar-refractivity contribution in [1.29, 1.82) is 0 Å². The topological polar surface area (TPSA) is 95.5 Å². The number of carbonyl (C=O) groups excluding carboxylic acids is 1. The fourth-order valence-electron chi connectivity index (χ4n) is 4.23. The monoisotopic (exact) mass is 558 g/mol. The summed E-state index contributed by atoms with van der Waals surface area (Å²) in [5, 5.41) is 17.0. The second-order valence-electron chi connectivity index (χ2n) is 10.3. The van der Waals surface area contributed by atoms with Gasteiger partial charge in [-0.25, -0.2) is 17.2 Å². The number of carbonyl (C=O) groups is 1. The maximum atomic E-state index is 13.9. The maximum Gasteiger partial charge on any atom is 0.251 e. The van der Waals surface area contributed by atoms with Crippen LogP contribution in [-0.4, -0.2) is 44.4 Å². The zero-order valence-electron chi connectivity index (χ0n) is 22.7. The first kappa shape index (κ1) is 30.4. The predicted molar refractivity (Wildman–Crippen MR) is 149 cm³/mol. The molecule has 2 atom stereocenters. The second kappa shape index (κ2) is 12.8. The van der Waals surface area contributed by atoms with Crippen LogP contribution in [0, 0.1) is 11.6 Å². The molecule has 0 fully saturated rings. The Hall–Kier alpha value is -3.14. The summed E-state index contributed by atoms with van der Waals surface area (Å²) in [6, 6.07) is 16.5. The van der Waals surface area contributed by atoms with E-state index in [9.17, 15) is 27.1 Å². The summed E-state index contributed by atoms with van der Waals surface area (Å²) in [6.07, 6.45) is 0.918. The molecule has 0 saturated heterocycles. The van der Waals surface area contributed by atoms with Crippen LogP contribution in [0.4, 0.5) is 8.78 Å². The van der Waals surface area contributed by atoms with Gasteiger partial charge in [-0.3, -0.25) is 4.79 Å². The number of nitrogens with one attached hydrogen (secondary N) is 2. The number of aliphatic hydroxyl groups excluding tert-OH is 1. The van der Waals surface area contributed by atoms with E-state index in [4.69, 9.17) is 0 Å². The SMILES string of the molecule is CCc1cccc(CNCC(O)C(Cc2cc(F)cc(F)c2)NC(=O)c2cccc(C(C)(C)S(C)(=O)=O)c2)c1. The quantitative estimate of drug-likeness (QED) is 0.308. The van der Waals surface area contributed by atoms with Gasteiger partial charge >= 0.3 is 0 Å². The molecule has 1 amide bonds. The van der Waals surface area contributed by atoms with E-state index in [1.54, 1.807) is 32.0 Å². The molecule has 0 aromatic heterocycles. The van der Waals surface area contributed by atoms with Crippen LogP contribution in [-0.2, 0) is 34.0 Å². The van der Waals surface area contributed by atoms with Gasteiger partial charge < -0.3 is 15.7 Å². The van der Waals surface area contributed by atoms with E-state index in [0.717, 1.165) is 36.4 Å². The minimum absolute atomic E-state index is 0.0247. The third kappa shape index (κ3) is 8.17. The lowest BCUT2D eigenvalue weighted by atomic mass is 9.98. The molecule has 0 radical (unpaired) electrons. The average molecular weight is 559 g/mol. The number of benzene rings is 3. The molecule has 0 spiro atoms. The first-order chi connectivity index (χ1) is 18.3. The fraction of sp³-hybridized carbons (Fsp3) is 0.367. The third-order valence-electron chi connectivity index (χ3n) is 6.99. The van der Waals surface area contributed by atoms with E-state index < -0.39 is 44.3 Å². The molecule has 0 heterocycles. The van der Waals surface area contributed by atoms with Gasteiger partial charge in [-0.15, -0.1) is 0 Å². The van der Waals surface area contributed by atoms with Crippen molar-refractivity contribution in [1.82, 2.24) is 10.6 Å². The van der Waals surface area contributed by atoms with Crippen molar-refractivity contribution in [2.75, 3.05) is 12.8 Å². The Morgan fingerprint density at radius 3 is 2.23 bits per heavy atom. The van der Waals surface area contributed by atoms with E-state index in [2.05, 4.69) is 23.6 Å². The summed E-state index contributed by atoms with van der Waals surface area (Å²) >= 11 is 0. The molecule has 0 aliphatic carbocycles. The van der Waals surface area contributed by atoms with E-state index in [-0.39, 0.29) is 24.1 Å². The van der Waals surface area contributed by atoms with Crippen molar-refractivity contribution in [2.24, 2.45) is 0 Å². The minimum Gasteiger partial charge on any atom is -0.390 e. The van der Waals surface area contributed by atoms with Gasteiger partial charge in [0.05, 0.1) is 16.9 Å². The Balaban J connectivity index is 1.80. The predicted octanol–water partition coefficient (Wildman–Crippen LogP) is 4.30. The summed E-state index contributed by atoms with van der Waals surface area (Å²) in [5.74, 6) is -2.05. The summed E-state index contributed by atoms with van der Waals surface area (Å²) in [7, 11) is -3.47. The molecule has 3 aromatic rings. The van der Waals surface area contributed by atoms with Gasteiger partial charge in [0.1, 0.15) is 11.6 Å². The molecule has 9 heteroatoms. The third-order valence-corrected chi connectivity index (χ3v) is 9.08. The van der Waals surface area contributed by atoms with Crippen LogP contribution in [0.1, 0.15) is 53.4 Å². The average Bonchev–Trinajstić information content (AvgIpc) is 2.87. The smallest absolute Gasteiger partial charge is 0.251 e. The Bertz CT molecular complexity index is 1390. The lowest BCUT2D eigenvalue weighted by Crippen LogP contribution is -2.48. The standard InChI is InChI=1S/C30H36F2N2O4S/c1-5-20-8-6-9-21(12-20)18-33-19-28(35)27(15-22-13-25(31)17-26(32)14-22)34-29(36)23-10-7-11-24(16-23)30(2,3)39(4,37)38/h6-14,16-17,27-28,33,35H,5,15,18-19H2,1-4H3,(H,34,36). The van der Waals surface area contributed by atoms with Gasteiger partial charge in [0.15, 0.2) is 9.84 Å². The molecule has 0 aliphatic rings. The second-order valence-corrected chi connectivity index (χ2v) is 12.9. The molecule has 6 nitrogen and oxygen atoms in total. The van der Waals surface area contributed by atoms with Gasteiger partial charge in [0.25, 0.3) is 5.91 Å². The summed E-state index contributed by atoms with van der Waals surface area (Å²) < 4.78 is 51.1. The van der Waals surface area contributed by atoms with Crippen molar-refractivity contribution in [3.8, 4) is 0 Å². The van der Waals surface area contributed by atoms with Crippen LogP contribution in [0.15, 0.2) is 66.7 Å².